The Morgan fingerprint density at radius 1 is 1.42 bits per heavy atom. The Hall–Kier alpha value is -0.320. The predicted octanol–water partition coefficient (Wildman–Crippen LogP) is 1.32. The van der Waals surface area contributed by atoms with Crippen LogP contribution >= 0.6 is 12.4 Å². The SMILES string of the molecule is CC(C)CC1(C(=O)NCC2CNCC2O)CCC1.Cl. The van der Waals surface area contributed by atoms with Crippen LogP contribution in [-0.4, -0.2) is 36.8 Å². The Kier molecular flexibility index (Phi) is 6.09. The van der Waals surface area contributed by atoms with E-state index in [1.165, 1.54) is 6.42 Å². The van der Waals surface area contributed by atoms with Gasteiger partial charge in [-0.05, 0) is 25.2 Å². The summed E-state index contributed by atoms with van der Waals surface area (Å²) in [5.74, 6) is 0.946. The lowest BCUT2D eigenvalue weighted by Crippen LogP contribution is -2.48. The number of aliphatic hydroxyl groups excluding tert-OH is 1. The first-order chi connectivity index (χ1) is 8.53. The van der Waals surface area contributed by atoms with Crippen molar-refractivity contribution in [1.29, 1.82) is 0 Å². The maximum absolute atomic E-state index is 12.3. The van der Waals surface area contributed by atoms with Crippen LogP contribution in [0.1, 0.15) is 39.5 Å². The number of aliphatic hydroxyl groups is 1. The van der Waals surface area contributed by atoms with E-state index in [1.807, 2.05) is 0 Å². The van der Waals surface area contributed by atoms with Crippen molar-refractivity contribution >= 4 is 18.3 Å². The number of nitrogens with one attached hydrogen (secondary N) is 2. The van der Waals surface area contributed by atoms with Gasteiger partial charge in [-0.2, -0.15) is 0 Å². The maximum Gasteiger partial charge on any atom is 0.226 e. The summed E-state index contributed by atoms with van der Waals surface area (Å²) in [4.78, 5) is 12.3. The predicted molar refractivity (Wildman–Crippen MR) is 78.4 cm³/mol. The molecule has 1 heterocycles. The van der Waals surface area contributed by atoms with Crippen LogP contribution in [0.4, 0.5) is 0 Å². The average molecular weight is 291 g/mol. The van der Waals surface area contributed by atoms with E-state index >= 15 is 0 Å². The van der Waals surface area contributed by atoms with E-state index in [2.05, 4.69) is 24.5 Å². The van der Waals surface area contributed by atoms with Crippen molar-refractivity contribution in [3.63, 3.8) is 0 Å². The van der Waals surface area contributed by atoms with Crippen LogP contribution in [0.25, 0.3) is 0 Å². The number of β-amino-alcohol motifs (C(OH)–C–C–N with tert-alkyl or cyclic N) is 1. The Labute approximate surface area is 122 Å². The lowest BCUT2D eigenvalue weighted by molar-refractivity contribution is -0.137. The molecule has 2 atom stereocenters. The van der Waals surface area contributed by atoms with Gasteiger partial charge in [0.25, 0.3) is 0 Å². The smallest absolute Gasteiger partial charge is 0.226 e. The monoisotopic (exact) mass is 290 g/mol. The summed E-state index contributed by atoms with van der Waals surface area (Å²) in [6.45, 7) is 6.42. The van der Waals surface area contributed by atoms with Crippen molar-refractivity contribution in [2.75, 3.05) is 19.6 Å². The third kappa shape index (κ3) is 3.83. The van der Waals surface area contributed by atoms with E-state index in [0.29, 0.717) is 19.0 Å². The van der Waals surface area contributed by atoms with Crippen LogP contribution < -0.4 is 10.6 Å². The summed E-state index contributed by atoms with van der Waals surface area (Å²) < 4.78 is 0. The van der Waals surface area contributed by atoms with Crippen LogP contribution in [0.3, 0.4) is 0 Å². The molecule has 1 saturated carbocycles. The summed E-state index contributed by atoms with van der Waals surface area (Å²) in [6.07, 6.45) is 3.91. The molecule has 1 aliphatic heterocycles. The number of halogens is 1. The topological polar surface area (TPSA) is 61.4 Å². The van der Waals surface area contributed by atoms with Crippen molar-refractivity contribution < 1.29 is 9.90 Å². The number of amides is 1. The van der Waals surface area contributed by atoms with Gasteiger partial charge in [-0.3, -0.25) is 4.79 Å². The summed E-state index contributed by atoms with van der Waals surface area (Å²) in [6, 6.07) is 0. The molecule has 2 aliphatic rings. The molecule has 1 saturated heterocycles. The highest BCUT2D eigenvalue weighted by molar-refractivity contribution is 5.85. The van der Waals surface area contributed by atoms with E-state index in [9.17, 15) is 9.90 Å². The first-order valence-corrected chi connectivity index (χ1v) is 7.20. The number of carbonyl (C=O) groups excluding carboxylic acids is 1. The minimum absolute atomic E-state index is 0. The number of hydrogen-bond acceptors (Lipinski definition) is 3. The van der Waals surface area contributed by atoms with Crippen molar-refractivity contribution in [1.82, 2.24) is 10.6 Å². The Morgan fingerprint density at radius 2 is 2.11 bits per heavy atom. The molecule has 112 valence electrons. The van der Waals surface area contributed by atoms with Gasteiger partial charge >= 0.3 is 0 Å². The zero-order valence-electron chi connectivity index (χ0n) is 11.9. The largest absolute Gasteiger partial charge is 0.391 e. The number of carbonyl (C=O) groups is 1. The van der Waals surface area contributed by atoms with Gasteiger partial charge in [-0.1, -0.05) is 20.3 Å². The van der Waals surface area contributed by atoms with Gasteiger partial charge in [0, 0.05) is 31.0 Å². The fraction of sp³-hybridized carbons (Fsp3) is 0.929. The molecule has 5 heteroatoms. The molecule has 0 radical (unpaired) electrons. The molecule has 1 aliphatic carbocycles. The molecule has 0 spiro atoms. The van der Waals surface area contributed by atoms with Crippen LogP contribution in [-0.2, 0) is 4.79 Å². The quantitative estimate of drug-likeness (QED) is 0.716. The van der Waals surface area contributed by atoms with Gasteiger partial charge < -0.3 is 15.7 Å². The fourth-order valence-corrected chi connectivity index (χ4v) is 3.25. The molecule has 1 amide bonds. The fourth-order valence-electron chi connectivity index (χ4n) is 3.25. The first kappa shape index (κ1) is 16.7. The van der Waals surface area contributed by atoms with Gasteiger partial charge in [0.15, 0.2) is 0 Å². The normalized spacial score (nSPS) is 28.6. The highest BCUT2D eigenvalue weighted by Gasteiger charge is 2.44. The molecule has 0 aromatic rings. The van der Waals surface area contributed by atoms with Gasteiger partial charge in [-0.25, -0.2) is 0 Å². The molecule has 19 heavy (non-hydrogen) atoms. The minimum atomic E-state index is -0.312. The molecule has 2 fully saturated rings. The van der Waals surface area contributed by atoms with Crippen molar-refractivity contribution in [3.8, 4) is 0 Å². The summed E-state index contributed by atoms with van der Waals surface area (Å²) in [7, 11) is 0. The zero-order valence-corrected chi connectivity index (χ0v) is 12.8. The van der Waals surface area contributed by atoms with E-state index in [-0.39, 0.29) is 35.8 Å². The van der Waals surface area contributed by atoms with Gasteiger partial charge in [0.1, 0.15) is 0 Å². The van der Waals surface area contributed by atoms with Crippen molar-refractivity contribution in [2.24, 2.45) is 17.3 Å². The lowest BCUT2D eigenvalue weighted by Gasteiger charge is -2.41. The number of hydrogen-bond donors (Lipinski definition) is 3. The standard InChI is InChI=1S/C14H26N2O2.ClH/c1-10(2)6-14(4-3-5-14)13(18)16-8-11-7-15-9-12(11)17;/h10-12,15,17H,3-9H2,1-2H3,(H,16,18);1H. The van der Waals surface area contributed by atoms with Crippen LogP contribution in [0.2, 0.25) is 0 Å². The van der Waals surface area contributed by atoms with E-state index in [4.69, 9.17) is 0 Å². The van der Waals surface area contributed by atoms with E-state index in [1.54, 1.807) is 0 Å². The molecule has 0 aromatic carbocycles. The molecule has 0 bridgehead atoms. The molecule has 2 unspecified atom stereocenters. The third-order valence-corrected chi connectivity index (χ3v) is 4.42. The summed E-state index contributed by atoms with van der Waals surface area (Å²) in [5, 5.41) is 15.9. The lowest BCUT2D eigenvalue weighted by atomic mass is 9.64. The average Bonchev–Trinajstić information content (AvgIpc) is 2.66. The highest BCUT2D eigenvalue weighted by Crippen LogP contribution is 2.46. The van der Waals surface area contributed by atoms with Crippen molar-refractivity contribution in [2.45, 2.75) is 45.6 Å². The van der Waals surface area contributed by atoms with E-state index < -0.39 is 0 Å². The second kappa shape index (κ2) is 6.91. The molecular weight excluding hydrogens is 264 g/mol. The van der Waals surface area contributed by atoms with Crippen molar-refractivity contribution in [3.05, 3.63) is 0 Å². The van der Waals surface area contributed by atoms with Gasteiger partial charge in [-0.15, -0.1) is 12.4 Å². The summed E-state index contributed by atoms with van der Waals surface area (Å²) >= 11 is 0. The van der Waals surface area contributed by atoms with E-state index in [0.717, 1.165) is 25.8 Å². The Bertz CT molecular complexity index is 306. The Balaban J connectivity index is 0.00000180. The first-order valence-electron chi connectivity index (χ1n) is 7.20. The number of rotatable bonds is 5. The highest BCUT2D eigenvalue weighted by atomic mass is 35.5. The van der Waals surface area contributed by atoms with Crippen LogP contribution in [0, 0.1) is 17.3 Å². The molecule has 2 rings (SSSR count). The molecule has 4 nitrogen and oxygen atoms in total. The Morgan fingerprint density at radius 3 is 2.53 bits per heavy atom. The van der Waals surface area contributed by atoms with Crippen LogP contribution in [0.15, 0.2) is 0 Å². The third-order valence-electron chi connectivity index (χ3n) is 4.42. The van der Waals surface area contributed by atoms with Gasteiger partial charge in [0.05, 0.1) is 6.10 Å². The van der Waals surface area contributed by atoms with Gasteiger partial charge in [0.2, 0.25) is 5.91 Å². The van der Waals surface area contributed by atoms with Crippen LogP contribution in [0.5, 0.6) is 0 Å². The summed E-state index contributed by atoms with van der Waals surface area (Å²) in [5.41, 5.74) is -0.106. The minimum Gasteiger partial charge on any atom is -0.391 e. The molecule has 3 N–H and O–H groups in total. The molecule has 0 aromatic heterocycles. The second-order valence-electron chi connectivity index (χ2n) is 6.43. The maximum atomic E-state index is 12.3. The molecular formula is C14H27ClN2O2. The zero-order chi connectivity index (χ0) is 13.2. The second-order valence-corrected chi connectivity index (χ2v) is 6.43.